The molecule has 0 radical (unpaired) electrons. The van der Waals surface area contributed by atoms with Crippen molar-refractivity contribution >= 4 is 39.2 Å². The summed E-state index contributed by atoms with van der Waals surface area (Å²) in [5.74, 6) is 0. The molecule has 0 aliphatic carbocycles. The van der Waals surface area contributed by atoms with E-state index in [1.54, 1.807) is 0 Å². The van der Waals surface area contributed by atoms with Gasteiger partial charge in [0.25, 0.3) is 0 Å². The summed E-state index contributed by atoms with van der Waals surface area (Å²) in [6.07, 6.45) is 0. The van der Waals surface area contributed by atoms with E-state index < -0.39 is 0 Å². The first-order chi connectivity index (χ1) is 9.08. The summed E-state index contributed by atoms with van der Waals surface area (Å²) in [5, 5.41) is 0. The fraction of sp³-hybridized carbons (Fsp3) is 0.133. The molecule has 2 aromatic carbocycles. The summed E-state index contributed by atoms with van der Waals surface area (Å²) >= 11 is 9.12. The van der Waals surface area contributed by atoms with Gasteiger partial charge in [0, 0.05) is 4.47 Å². The van der Waals surface area contributed by atoms with E-state index in [9.17, 15) is 0 Å². The third kappa shape index (κ3) is 2.05. The van der Waals surface area contributed by atoms with Crippen molar-refractivity contribution in [3.8, 4) is 5.69 Å². The number of aromatic nitrogens is 2. The number of nitrogens with one attached hydrogen (secondary N) is 1. The Bertz CT molecular complexity index is 830. The summed E-state index contributed by atoms with van der Waals surface area (Å²) in [7, 11) is 0. The quantitative estimate of drug-likeness (QED) is 0.617. The van der Waals surface area contributed by atoms with E-state index in [1.807, 2.05) is 6.07 Å². The molecule has 0 fully saturated rings. The molecule has 0 aliphatic heterocycles. The molecule has 1 N–H and O–H groups in total. The molecule has 0 aliphatic rings. The van der Waals surface area contributed by atoms with Gasteiger partial charge in [-0.1, -0.05) is 18.2 Å². The second-order valence-corrected chi connectivity index (χ2v) is 5.87. The number of aromatic amines is 1. The molecular weight excluding hydrogens is 320 g/mol. The molecule has 1 aromatic heterocycles. The van der Waals surface area contributed by atoms with Crippen LogP contribution >= 0.6 is 28.1 Å². The van der Waals surface area contributed by atoms with Gasteiger partial charge >= 0.3 is 0 Å². The first-order valence-corrected chi connectivity index (χ1v) is 7.25. The maximum atomic E-state index is 5.47. The second-order valence-electron chi connectivity index (χ2n) is 4.69. The Hall–Kier alpha value is -1.39. The largest absolute Gasteiger partial charge is 0.330 e. The molecule has 1 heterocycles. The minimum atomic E-state index is 0.715. The third-order valence-corrected chi connectivity index (χ3v) is 4.57. The lowest BCUT2D eigenvalue weighted by Gasteiger charge is -2.09. The summed E-state index contributed by atoms with van der Waals surface area (Å²) in [5.41, 5.74) is 5.65. The van der Waals surface area contributed by atoms with Crippen molar-refractivity contribution in [3.63, 3.8) is 0 Å². The van der Waals surface area contributed by atoms with Crippen LogP contribution in [0.3, 0.4) is 0 Å². The molecule has 0 saturated heterocycles. The number of halogens is 1. The number of aryl methyl sites for hydroxylation is 2. The monoisotopic (exact) mass is 332 g/mol. The van der Waals surface area contributed by atoms with Gasteiger partial charge in [0.15, 0.2) is 4.77 Å². The topological polar surface area (TPSA) is 20.7 Å². The van der Waals surface area contributed by atoms with Gasteiger partial charge in [0.1, 0.15) is 0 Å². The van der Waals surface area contributed by atoms with Gasteiger partial charge in [0.05, 0.1) is 16.7 Å². The SMILES string of the molecule is Cc1ccc2c(c1)[nH]c(=S)n2-c1cccc(C)c1Br. The number of rotatable bonds is 1. The molecule has 0 unspecified atom stereocenters. The first kappa shape index (κ1) is 12.6. The van der Waals surface area contributed by atoms with Crippen LogP contribution in [0.15, 0.2) is 40.9 Å². The van der Waals surface area contributed by atoms with Crippen molar-refractivity contribution in [2.45, 2.75) is 13.8 Å². The number of H-pyrrole nitrogens is 1. The van der Waals surface area contributed by atoms with Gasteiger partial charge in [-0.2, -0.15) is 0 Å². The predicted molar refractivity (Wildman–Crippen MR) is 85.6 cm³/mol. The molecular formula is C15H13BrN2S. The van der Waals surface area contributed by atoms with E-state index in [2.05, 4.69) is 69.7 Å². The van der Waals surface area contributed by atoms with E-state index in [0.29, 0.717) is 4.77 Å². The van der Waals surface area contributed by atoms with Crippen molar-refractivity contribution in [1.82, 2.24) is 9.55 Å². The van der Waals surface area contributed by atoms with E-state index in [-0.39, 0.29) is 0 Å². The smallest absolute Gasteiger partial charge is 0.182 e. The van der Waals surface area contributed by atoms with Gasteiger partial charge in [-0.15, -0.1) is 0 Å². The molecule has 4 heteroatoms. The number of benzene rings is 2. The summed E-state index contributed by atoms with van der Waals surface area (Å²) in [6, 6.07) is 12.5. The fourth-order valence-electron chi connectivity index (χ4n) is 2.27. The second kappa shape index (κ2) is 4.62. The minimum absolute atomic E-state index is 0.715. The van der Waals surface area contributed by atoms with Crippen molar-refractivity contribution < 1.29 is 0 Å². The molecule has 0 spiro atoms. The molecule has 0 amide bonds. The highest BCUT2D eigenvalue weighted by Gasteiger charge is 2.10. The van der Waals surface area contributed by atoms with Crippen LogP contribution < -0.4 is 0 Å². The average Bonchev–Trinajstić information content (AvgIpc) is 2.68. The standard InChI is InChI=1S/C15H13BrN2S/c1-9-6-7-12-11(8-9)17-15(19)18(12)13-5-3-4-10(2)14(13)16/h3-8H,1-2H3,(H,17,19). The van der Waals surface area contributed by atoms with E-state index in [4.69, 9.17) is 12.2 Å². The van der Waals surface area contributed by atoms with Crippen molar-refractivity contribution in [3.05, 3.63) is 56.8 Å². The Kier molecular flexibility index (Phi) is 3.07. The summed E-state index contributed by atoms with van der Waals surface area (Å²) in [4.78, 5) is 3.27. The minimum Gasteiger partial charge on any atom is -0.330 e. The van der Waals surface area contributed by atoms with E-state index >= 15 is 0 Å². The van der Waals surface area contributed by atoms with E-state index in [0.717, 1.165) is 21.2 Å². The van der Waals surface area contributed by atoms with E-state index in [1.165, 1.54) is 11.1 Å². The lowest BCUT2D eigenvalue weighted by molar-refractivity contribution is 1.05. The van der Waals surface area contributed by atoms with Crippen LogP contribution in [0.1, 0.15) is 11.1 Å². The number of hydrogen-bond acceptors (Lipinski definition) is 1. The van der Waals surface area contributed by atoms with Gasteiger partial charge in [-0.25, -0.2) is 0 Å². The van der Waals surface area contributed by atoms with Gasteiger partial charge in [0.2, 0.25) is 0 Å². The lowest BCUT2D eigenvalue weighted by Crippen LogP contribution is -1.96. The normalized spacial score (nSPS) is 11.1. The Morgan fingerprint density at radius 2 is 1.95 bits per heavy atom. The van der Waals surface area contributed by atoms with Gasteiger partial charge in [-0.05, 0) is 71.3 Å². The van der Waals surface area contributed by atoms with Crippen LogP contribution in [0.4, 0.5) is 0 Å². The van der Waals surface area contributed by atoms with Crippen molar-refractivity contribution in [1.29, 1.82) is 0 Å². The Labute approximate surface area is 125 Å². The van der Waals surface area contributed by atoms with Crippen LogP contribution in [0.25, 0.3) is 16.7 Å². The summed E-state index contributed by atoms with van der Waals surface area (Å²) in [6.45, 7) is 4.16. The van der Waals surface area contributed by atoms with Gasteiger partial charge < -0.3 is 4.98 Å². The van der Waals surface area contributed by atoms with Crippen molar-refractivity contribution in [2.75, 3.05) is 0 Å². The summed E-state index contributed by atoms with van der Waals surface area (Å²) < 4.78 is 3.86. The Morgan fingerprint density at radius 1 is 1.16 bits per heavy atom. The van der Waals surface area contributed by atoms with Crippen LogP contribution in [-0.4, -0.2) is 9.55 Å². The fourth-order valence-corrected chi connectivity index (χ4v) is 3.02. The number of imidazole rings is 1. The third-order valence-electron chi connectivity index (χ3n) is 3.25. The van der Waals surface area contributed by atoms with Crippen LogP contribution in [-0.2, 0) is 0 Å². The highest BCUT2D eigenvalue weighted by Crippen LogP contribution is 2.28. The first-order valence-electron chi connectivity index (χ1n) is 6.05. The highest BCUT2D eigenvalue weighted by molar-refractivity contribution is 9.10. The number of nitrogens with zero attached hydrogens (tertiary/aromatic N) is 1. The number of hydrogen-bond donors (Lipinski definition) is 1. The Balaban J connectivity index is 2.40. The maximum absolute atomic E-state index is 5.47. The zero-order valence-corrected chi connectivity index (χ0v) is 13.1. The lowest BCUT2D eigenvalue weighted by atomic mass is 10.2. The maximum Gasteiger partial charge on any atom is 0.182 e. The van der Waals surface area contributed by atoms with Crippen LogP contribution in [0.2, 0.25) is 0 Å². The molecule has 3 rings (SSSR count). The molecule has 3 aromatic rings. The molecule has 0 atom stereocenters. The zero-order chi connectivity index (χ0) is 13.6. The number of fused-ring (bicyclic) bond motifs is 1. The van der Waals surface area contributed by atoms with Gasteiger partial charge in [-0.3, -0.25) is 4.57 Å². The molecule has 19 heavy (non-hydrogen) atoms. The molecule has 0 bridgehead atoms. The average molecular weight is 333 g/mol. The van der Waals surface area contributed by atoms with Crippen LogP contribution in [0, 0.1) is 18.6 Å². The molecule has 96 valence electrons. The Morgan fingerprint density at radius 3 is 2.74 bits per heavy atom. The molecule has 0 saturated carbocycles. The highest BCUT2D eigenvalue weighted by atomic mass is 79.9. The van der Waals surface area contributed by atoms with Crippen LogP contribution in [0.5, 0.6) is 0 Å². The molecule has 2 nitrogen and oxygen atoms in total. The predicted octanol–water partition coefficient (Wildman–Crippen LogP) is 5.07. The van der Waals surface area contributed by atoms with Crippen molar-refractivity contribution in [2.24, 2.45) is 0 Å². The zero-order valence-electron chi connectivity index (χ0n) is 10.7.